The van der Waals surface area contributed by atoms with E-state index in [-0.39, 0.29) is 5.41 Å². The number of hydrazine groups is 2. The van der Waals surface area contributed by atoms with Crippen LogP contribution in [0.25, 0.3) is 10.9 Å². The summed E-state index contributed by atoms with van der Waals surface area (Å²) in [4.78, 5) is 8.64. The summed E-state index contributed by atoms with van der Waals surface area (Å²) < 4.78 is 29.2. The first-order valence-electron chi connectivity index (χ1n) is 14.1. The Balaban J connectivity index is 1.40. The smallest absolute Gasteiger partial charge is 0.123 e. The van der Waals surface area contributed by atoms with Gasteiger partial charge >= 0.3 is 0 Å². The van der Waals surface area contributed by atoms with Gasteiger partial charge in [-0.1, -0.05) is 30.7 Å². The van der Waals surface area contributed by atoms with E-state index in [2.05, 4.69) is 44.6 Å². The fourth-order valence-electron chi connectivity index (χ4n) is 5.08. The SMILES string of the molecule is [2H][C@](Nc1cc(Cl)c2ncc(C#N)c(NCC3(C)CCOCC3)c2c1)(C1=CN(c2cccnc2)NN1)c1ccc(F)cc1. The summed E-state index contributed by atoms with van der Waals surface area (Å²) >= 11 is 6.77. The van der Waals surface area contributed by atoms with E-state index in [4.69, 9.17) is 16.3 Å². The number of nitrogens with one attached hydrogen (secondary N) is 4. The number of rotatable bonds is 8. The maximum Gasteiger partial charge on any atom is 0.123 e. The number of nitriles is 1. The van der Waals surface area contributed by atoms with Crippen molar-refractivity contribution in [3.8, 4) is 6.07 Å². The van der Waals surface area contributed by atoms with E-state index in [9.17, 15) is 11.0 Å². The number of hydrogen-bond acceptors (Lipinski definition) is 9. The van der Waals surface area contributed by atoms with Crippen molar-refractivity contribution in [2.45, 2.75) is 25.8 Å². The number of aromatic nitrogens is 2. The quantitative estimate of drug-likeness (QED) is 0.196. The van der Waals surface area contributed by atoms with Gasteiger partial charge < -0.3 is 20.8 Å². The maximum absolute atomic E-state index is 13.9. The van der Waals surface area contributed by atoms with E-state index in [1.165, 1.54) is 18.3 Å². The Bertz CT molecular complexity index is 1710. The van der Waals surface area contributed by atoms with Gasteiger partial charge in [0, 0.05) is 49.4 Å². The topological polar surface area (TPSA) is 110 Å². The molecule has 0 aliphatic carbocycles. The second-order valence-electron chi connectivity index (χ2n) is 10.7. The molecule has 4 heterocycles. The summed E-state index contributed by atoms with van der Waals surface area (Å²) in [6.45, 7) is 4.25. The van der Waals surface area contributed by atoms with Crippen molar-refractivity contribution in [1.82, 2.24) is 20.9 Å². The number of benzene rings is 2. The Morgan fingerprint density at radius 1 is 1.24 bits per heavy atom. The molecule has 4 aromatic rings. The maximum atomic E-state index is 13.9. The average molecular weight is 586 g/mol. The number of ether oxygens (including phenoxy) is 1. The molecule has 1 fully saturated rings. The fraction of sp³-hybridized carbons (Fsp3) is 0.258. The normalized spacial score (nSPS) is 17.9. The Kier molecular flexibility index (Phi) is 7.45. The highest BCUT2D eigenvalue weighted by atomic mass is 35.5. The van der Waals surface area contributed by atoms with Crippen LogP contribution in [0.2, 0.25) is 5.02 Å². The first-order chi connectivity index (χ1) is 20.8. The average Bonchev–Trinajstić information content (AvgIpc) is 3.52. The minimum atomic E-state index is -1.61. The van der Waals surface area contributed by atoms with Crippen molar-refractivity contribution in [1.29, 1.82) is 5.26 Å². The number of fused-ring (bicyclic) bond motifs is 1. The van der Waals surface area contributed by atoms with Crippen LogP contribution in [0.5, 0.6) is 0 Å². The predicted octanol–water partition coefficient (Wildman–Crippen LogP) is 6.05. The molecule has 0 spiro atoms. The van der Waals surface area contributed by atoms with Gasteiger partial charge in [-0.05, 0) is 60.2 Å². The van der Waals surface area contributed by atoms with Crippen molar-refractivity contribution < 1.29 is 10.5 Å². The van der Waals surface area contributed by atoms with Gasteiger partial charge in [0.05, 0.1) is 46.8 Å². The van der Waals surface area contributed by atoms with Crippen LogP contribution in [-0.2, 0) is 4.74 Å². The van der Waals surface area contributed by atoms with Gasteiger partial charge in [-0.15, -0.1) is 5.53 Å². The van der Waals surface area contributed by atoms with E-state index in [1.54, 1.807) is 41.8 Å². The molecule has 4 N–H and O–H groups in total. The summed E-state index contributed by atoms with van der Waals surface area (Å²) in [5, 5.41) is 19.5. The largest absolute Gasteiger partial charge is 0.383 e. The van der Waals surface area contributed by atoms with Gasteiger partial charge in [-0.25, -0.2) is 4.39 Å². The van der Waals surface area contributed by atoms with Crippen molar-refractivity contribution in [2.75, 3.05) is 35.4 Å². The molecule has 42 heavy (non-hydrogen) atoms. The molecule has 1 atom stereocenters. The third-order valence-corrected chi connectivity index (χ3v) is 7.89. The van der Waals surface area contributed by atoms with Gasteiger partial charge in [-0.2, -0.15) is 5.26 Å². The third-order valence-electron chi connectivity index (χ3n) is 7.60. The van der Waals surface area contributed by atoms with E-state index in [1.807, 2.05) is 18.2 Å². The number of halogens is 2. The van der Waals surface area contributed by atoms with Gasteiger partial charge in [0.25, 0.3) is 0 Å². The van der Waals surface area contributed by atoms with Crippen LogP contribution in [-0.4, -0.2) is 29.7 Å². The highest BCUT2D eigenvalue weighted by Gasteiger charge is 2.28. The third kappa shape index (κ3) is 5.81. The van der Waals surface area contributed by atoms with Crippen molar-refractivity contribution in [3.05, 3.63) is 101 Å². The number of nitrogens with zero attached hydrogens (tertiary/aromatic N) is 4. The first-order valence-corrected chi connectivity index (χ1v) is 14.0. The second-order valence-corrected chi connectivity index (χ2v) is 11.1. The zero-order valence-electron chi connectivity index (χ0n) is 23.9. The molecule has 0 bridgehead atoms. The van der Waals surface area contributed by atoms with E-state index >= 15 is 0 Å². The minimum absolute atomic E-state index is 0.00685. The van der Waals surface area contributed by atoms with Crippen LogP contribution in [0, 0.1) is 22.6 Å². The molecule has 6 rings (SSSR count). The highest BCUT2D eigenvalue weighted by Crippen LogP contribution is 2.37. The lowest BCUT2D eigenvalue weighted by molar-refractivity contribution is 0.0300. The van der Waals surface area contributed by atoms with E-state index in [0.29, 0.717) is 63.9 Å². The van der Waals surface area contributed by atoms with Crippen LogP contribution >= 0.6 is 11.6 Å². The lowest BCUT2D eigenvalue weighted by Crippen LogP contribution is -2.37. The zero-order chi connectivity index (χ0) is 30.0. The molecule has 2 aromatic heterocycles. The summed E-state index contributed by atoms with van der Waals surface area (Å²) in [6, 6.07) is 13.6. The summed E-state index contributed by atoms with van der Waals surface area (Å²) in [7, 11) is 0. The van der Waals surface area contributed by atoms with Crippen LogP contribution in [0.3, 0.4) is 0 Å². The van der Waals surface area contributed by atoms with Crippen molar-refractivity contribution in [2.24, 2.45) is 5.41 Å². The summed E-state index contributed by atoms with van der Waals surface area (Å²) in [5.41, 5.74) is 9.86. The highest BCUT2D eigenvalue weighted by molar-refractivity contribution is 6.35. The van der Waals surface area contributed by atoms with Crippen LogP contribution in [0.1, 0.15) is 38.3 Å². The molecule has 0 unspecified atom stereocenters. The Morgan fingerprint density at radius 3 is 2.79 bits per heavy atom. The molecule has 214 valence electrons. The molecular formula is C31H30ClFN8O. The Hall–Kier alpha value is -4.43. The van der Waals surface area contributed by atoms with E-state index < -0.39 is 11.8 Å². The number of pyridine rings is 2. The van der Waals surface area contributed by atoms with Crippen molar-refractivity contribution in [3.63, 3.8) is 0 Å². The van der Waals surface area contributed by atoms with Crippen LogP contribution in [0.15, 0.2) is 79.0 Å². The number of anilines is 3. The monoisotopic (exact) mass is 585 g/mol. The van der Waals surface area contributed by atoms with Gasteiger partial charge in [0.2, 0.25) is 0 Å². The summed E-state index contributed by atoms with van der Waals surface area (Å²) in [5.74, 6) is -0.410. The Morgan fingerprint density at radius 2 is 2.05 bits per heavy atom. The molecule has 0 amide bonds. The zero-order valence-corrected chi connectivity index (χ0v) is 23.7. The molecule has 2 aliphatic rings. The standard InChI is InChI=1S/C31H30ClFN8O/c1-31(8-11-42-12-9-31)19-37-28-21(15-34)16-36-30-25(28)13-23(14-26(30)32)38-29(20-4-6-22(33)7-5-20)27-18-41(40-39-27)24-3-2-10-35-17-24/h2-7,10,13-14,16-18,29,38-40H,8-9,11-12,19H2,1H3,(H,36,37)/t29-/m1/s1/i29D. The fourth-order valence-corrected chi connectivity index (χ4v) is 5.35. The van der Waals surface area contributed by atoms with Gasteiger partial charge in [0.1, 0.15) is 11.9 Å². The lowest BCUT2D eigenvalue weighted by Gasteiger charge is -2.34. The molecular weight excluding hydrogens is 555 g/mol. The second kappa shape index (κ2) is 11.8. The molecule has 0 radical (unpaired) electrons. The molecule has 11 heteroatoms. The Labute approximate surface area is 249 Å². The van der Waals surface area contributed by atoms with E-state index in [0.717, 1.165) is 18.5 Å². The minimum Gasteiger partial charge on any atom is -0.383 e. The molecule has 9 nitrogen and oxygen atoms in total. The van der Waals surface area contributed by atoms with Gasteiger partial charge in [-0.3, -0.25) is 15.0 Å². The predicted molar refractivity (Wildman–Crippen MR) is 162 cm³/mol. The first kappa shape index (κ1) is 26.5. The van der Waals surface area contributed by atoms with Gasteiger partial charge in [0.15, 0.2) is 0 Å². The van der Waals surface area contributed by atoms with Crippen LogP contribution in [0.4, 0.5) is 21.5 Å². The molecule has 0 saturated carbocycles. The van der Waals surface area contributed by atoms with Crippen molar-refractivity contribution >= 4 is 39.6 Å². The summed E-state index contributed by atoms with van der Waals surface area (Å²) in [6.07, 6.45) is 8.43. The molecule has 2 aromatic carbocycles. The molecule has 1 saturated heterocycles. The van der Waals surface area contributed by atoms with Crippen LogP contribution < -0.4 is 26.6 Å². The number of hydrogen-bond donors (Lipinski definition) is 4. The molecule has 2 aliphatic heterocycles. The lowest BCUT2D eigenvalue weighted by atomic mass is 9.82.